The first-order valence-electron chi connectivity index (χ1n) is 6.67. The highest BCUT2D eigenvalue weighted by molar-refractivity contribution is 9.09. The molecule has 0 aromatic rings. The molecular formula is C14H25BrO. The Morgan fingerprint density at radius 2 is 1.88 bits per heavy atom. The van der Waals surface area contributed by atoms with E-state index in [0.29, 0.717) is 10.7 Å². The number of halogens is 1. The number of hydrogen-bond donors (Lipinski definition) is 1. The maximum absolute atomic E-state index is 10.1. The molecule has 0 aromatic heterocycles. The number of unbranched alkanes of at least 4 members (excludes halogenated alkanes) is 3. The van der Waals surface area contributed by atoms with Crippen molar-refractivity contribution in [1.82, 2.24) is 0 Å². The fourth-order valence-electron chi connectivity index (χ4n) is 2.52. The first kappa shape index (κ1) is 14.2. The minimum Gasteiger partial charge on any atom is -0.393 e. The van der Waals surface area contributed by atoms with Gasteiger partial charge in [0.05, 0.1) is 6.10 Å². The molecule has 0 aromatic carbocycles. The van der Waals surface area contributed by atoms with Gasteiger partial charge >= 0.3 is 0 Å². The predicted molar refractivity (Wildman–Crippen MR) is 74.0 cm³/mol. The van der Waals surface area contributed by atoms with E-state index in [4.69, 9.17) is 0 Å². The van der Waals surface area contributed by atoms with Crippen LogP contribution in [-0.2, 0) is 0 Å². The lowest BCUT2D eigenvalue weighted by Crippen LogP contribution is -2.25. The number of aliphatic hydroxyl groups is 1. The summed E-state index contributed by atoms with van der Waals surface area (Å²) in [6.07, 6.45) is 12.5. The summed E-state index contributed by atoms with van der Waals surface area (Å²) in [5.74, 6) is 0.563. The van der Waals surface area contributed by atoms with Gasteiger partial charge in [0.1, 0.15) is 0 Å². The van der Waals surface area contributed by atoms with Crippen LogP contribution in [0.1, 0.15) is 57.8 Å². The first-order chi connectivity index (χ1) is 7.74. The molecule has 0 bridgehead atoms. The molecule has 16 heavy (non-hydrogen) atoms. The summed E-state index contributed by atoms with van der Waals surface area (Å²) >= 11 is 3.65. The van der Waals surface area contributed by atoms with Crippen molar-refractivity contribution in [1.29, 1.82) is 0 Å². The smallest absolute Gasteiger partial charge is 0.0568 e. The molecule has 1 atom stereocenters. The standard InChI is InChI=1S/C14H25BrO/c1-2-3-4-5-6-7-14(16)12-8-10-13(15)11-9-12/h2,12-14,16H,1,3-11H2. The molecule has 1 nitrogen and oxygen atoms in total. The Hall–Kier alpha value is 0.180. The summed E-state index contributed by atoms with van der Waals surface area (Å²) in [6, 6.07) is 0. The molecule has 0 spiro atoms. The van der Waals surface area contributed by atoms with Gasteiger partial charge in [-0.2, -0.15) is 0 Å². The van der Waals surface area contributed by atoms with Gasteiger partial charge in [-0.05, 0) is 50.9 Å². The zero-order valence-electron chi connectivity index (χ0n) is 10.2. The van der Waals surface area contributed by atoms with E-state index >= 15 is 0 Å². The Morgan fingerprint density at radius 1 is 1.19 bits per heavy atom. The lowest BCUT2D eigenvalue weighted by atomic mass is 9.83. The molecular weight excluding hydrogens is 264 g/mol. The van der Waals surface area contributed by atoms with Gasteiger partial charge < -0.3 is 5.11 Å². The van der Waals surface area contributed by atoms with Gasteiger partial charge in [0.15, 0.2) is 0 Å². The summed E-state index contributed by atoms with van der Waals surface area (Å²) in [5.41, 5.74) is 0. The molecule has 0 amide bonds. The van der Waals surface area contributed by atoms with Crippen LogP contribution in [0.5, 0.6) is 0 Å². The Morgan fingerprint density at radius 3 is 2.50 bits per heavy atom. The van der Waals surface area contributed by atoms with E-state index in [1.165, 1.54) is 44.9 Å². The van der Waals surface area contributed by atoms with Crippen molar-refractivity contribution in [2.24, 2.45) is 5.92 Å². The number of hydrogen-bond acceptors (Lipinski definition) is 1. The average molecular weight is 289 g/mol. The maximum Gasteiger partial charge on any atom is 0.0568 e. The molecule has 94 valence electrons. The Balaban J connectivity index is 2.05. The van der Waals surface area contributed by atoms with Crippen molar-refractivity contribution >= 4 is 15.9 Å². The lowest BCUT2D eigenvalue weighted by molar-refractivity contribution is 0.0761. The van der Waals surface area contributed by atoms with Crippen LogP contribution < -0.4 is 0 Å². The van der Waals surface area contributed by atoms with Crippen LogP contribution in [0.15, 0.2) is 12.7 Å². The van der Waals surface area contributed by atoms with Crippen LogP contribution in [0.4, 0.5) is 0 Å². The maximum atomic E-state index is 10.1. The summed E-state index contributed by atoms with van der Waals surface area (Å²) in [5, 5.41) is 10.1. The second-order valence-electron chi connectivity index (χ2n) is 5.01. The zero-order valence-corrected chi connectivity index (χ0v) is 11.8. The highest BCUT2D eigenvalue weighted by atomic mass is 79.9. The van der Waals surface area contributed by atoms with Crippen LogP contribution in [0, 0.1) is 5.92 Å². The van der Waals surface area contributed by atoms with Crippen molar-refractivity contribution in [3.05, 3.63) is 12.7 Å². The van der Waals surface area contributed by atoms with E-state index in [1.54, 1.807) is 0 Å². The number of alkyl halides is 1. The van der Waals surface area contributed by atoms with Crippen LogP contribution in [0.25, 0.3) is 0 Å². The van der Waals surface area contributed by atoms with Crippen molar-refractivity contribution in [3.63, 3.8) is 0 Å². The Bertz CT molecular complexity index is 185. The van der Waals surface area contributed by atoms with Crippen molar-refractivity contribution < 1.29 is 5.11 Å². The van der Waals surface area contributed by atoms with Crippen LogP contribution in [0.3, 0.4) is 0 Å². The highest BCUT2D eigenvalue weighted by Gasteiger charge is 2.24. The third-order valence-corrected chi connectivity index (χ3v) is 4.57. The molecule has 1 N–H and O–H groups in total. The van der Waals surface area contributed by atoms with Gasteiger partial charge in [0.2, 0.25) is 0 Å². The Kier molecular flexibility index (Phi) is 7.39. The molecule has 0 heterocycles. The molecule has 0 saturated heterocycles. The largest absolute Gasteiger partial charge is 0.393 e. The molecule has 0 aliphatic heterocycles. The lowest BCUT2D eigenvalue weighted by Gasteiger charge is -2.29. The van der Waals surface area contributed by atoms with Crippen molar-refractivity contribution in [2.45, 2.75) is 68.7 Å². The van der Waals surface area contributed by atoms with Gasteiger partial charge in [0.25, 0.3) is 0 Å². The van der Waals surface area contributed by atoms with E-state index in [9.17, 15) is 5.11 Å². The normalized spacial score (nSPS) is 27.6. The summed E-state index contributed by atoms with van der Waals surface area (Å²) in [7, 11) is 0. The first-order valence-corrected chi connectivity index (χ1v) is 7.58. The van der Waals surface area contributed by atoms with Crippen LogP contribution in [-0.4, -0.2) is 16.0 Å². The van der Waals surface area contributed by atoms with E-state index in [0.717, 1.165) is 12.8 Å². The fraction of sp³-hybridized carbons (Fsp3) is 0.857. The highest BCUT2D eigenvalue weighted by Crippen LogP contribution is 2.32. The SMILES string of the molecule is C=CCCCCCC(O)C1CCC(Br)CC1. The number of allylic oxidation sites excluding steroid dienone is 1. The van der Waals surface area contributed by atoms with Gasteiger partial charge in [-0.25, -0.2) is 0 Å². The zero-order chi connectivity index (χ0) is 11.8. The third-order valence-electron chi connectivity index (χ3n) is 3.65. The fourth-order valence-corrected chi connectivity index (χ4v) is 3.05. The van der Waals surface area contributed by atoms with Crippen LogP contribution >= 0.6 is 15.9 Å². The van der Waals surface area contributed by atoms with E-state index < -0.39 is 0 Å². The van der Waals surface area contributed by atoms with E-state index in [1.807, 2.05) is 6.08 Å². The summed E-state index contributed by atoms with van der Waals surface area (Å²) < 4.78 is 0. The summed E-state index contributed by atoms with van der Waals surface area (Å²) in [4.78, 5) is 0.698. The number of aliphatic hydroxyl groups excluding tert-OH is 1. The van der Waals surface area contributed by atoms with Gasteiger partial charge in [-0.15, -0.1) is 6.58 Å². The minimum absolute atomic E-state index is 0.0521. The minimum atomic E-state index is -0.0521. The van der Waals surface area contributed by atoms with E-state index in [-0.39, 0.29) is 6.10 Å². The molecule has 1 aliphatic rings. The monoisotopic (exact) mass is 288 g/mol. The average Bonchev–Trinajstić information content (AvgIpc) is 2.29. The predicted octanol–water partition coefficient (Wildman–Crippen LogP) is 4.44. The molecule has 1 rings (SSSR count). The quantitative estimate of drug-likeness (QED) is 0.417. The molecule has 2 heteroatoms. The molecule has 1 aliphatic carbocycles. The topological polar surface area (TPSA) is 20.2 Å². The molecule has 0 radical (unpaired) electrons. The van der Waals surface area contributed by atoms with Crippen molar-refractivity contribution in [3.8, 4) is 0 Å². The number of rotatable bonds is 7. The van der Waals surface area contributed by atoms with Gasteiger partial charge in [0, 0.05) is 4.83 Å². The molecule has 1 saturated carbocycles. The van der Waals surface area contributed by atoms with Crippen molar-refractivity contribution in [2.75, 3.05) is 0 Å². The molecule has 1 unspecified atom stereocenters. The second kappa shape index (κ2) is 8.30. The molecule has 1 fully saturated rings. The van der Waals surface area contributed by atoms with Gasteiger partial charge in [-0.3, -0.25) is 0 Å². The third kappa shape index (κ3) is 5.49. The summed E-state index contributed by atoms with van der Waals surface area (Å²) in [6.45, 7) is 3.72. The van der Waals surface area contributed by atoms with E-state index in [2.05, 4.69) is 22.5 Å². The Labute approximate surface area is 108 Å². The van der Waals surface area contributed by atoms with Crippen LogP contribution in [0.2, 0.25) is 0 Å². The second-order valence-corrected chi connectivity index (χ2v) is 6.30. The van der Waals surface area contributed by atoms with Gasteiger partial charge in [-0.1, -0.05) is 34.8 Å².